The van der Waals surface area contributed by atoms with Gasteiger partial charge in [-0.25, -0.2) is 4.79 Å². The average molecular weight is 438 g/mol. The predicted octanol–water partition coefficient (Wildman–Crippen LogP) is 4.43. The second-order valence-corrected chi connectivity index (χ2v) is 5.44. The summed E-state index contributed by atoms with van der Waals surface area (Å²) in [4.78, 5) is 10.8. The number of aromatic carboxylic acids is 1. The largest absolute Gasteiger partial charge is 0.478 e. The lowest BCUT2D eigenvalue weighted by molar-refractivity contribution is 0.0694. The SMILES string of the molecule is O=C(O)c1c(Br)c(Br)cc(Br)c1Br. The summed E-state index contributed by atoms with van der Waals surface area (Å²) in [6.45, 7) is 0. The number of hydrogen-bond donors (Lipinski definition) is 1. The molecule has 0 atom stereocenters. The molecule has 0 saturated carbocycles. The number of rotatable bonds is 1. The van der Waals surface area contributed by atoms with Gasteiger partial charge in [0.25, 0.3) is 0 Å². The molecule has 0 spiro atoms. The van der Waals surface area contributed by atoms with Crippen LogP contribution in [0.2, 0.25) is 0 Å². The molecular weight excluding hydrogens is 436 g/mol. The van der Waals surface area contributed by atoms with E-state index < -0.39 is 5.97 Å². The molecule has 1 aromatic carbocycles. The van der Waals surface area contributed by atoms with E-state index in [0.29, 0.717) is 17.9 Å². The van der Waals surface area contributed by atoms with Crippen LogP contribution in [0.15, 0.2) is 24.0 Å². The van der Waals surface area contributed by atoms with Crippen LogP contribution in [0.4, 0.5) is 0 Å². The van der Waals surface area contributed by atoms with E-state index in [9.17, 15) is 4.79 Å². The number of benzene rings is 1. The molecule has 0 fully saturated rings. The smallest absolute Gasteiger partial charge is 0.338 e. The zero-order chi connectivity index (χ0) is 10.2. The first-order chi connectivity index (χ1) is 5.95. The summed E-state index contributed by atoms with van der Waals surface area (Å²) in [6, 6.07) is 1.76. The summed E-state index contributed by atoms with van der Waals surface area (Å²) >= 11 is 12.9. The minimum Gasteiger partial charge on any atom is -0.478 e. The van der Waals surface area contributed by atoms with E-state index in [1.54, 1.807) is 6.07 Å². The topological polar surface area (TPSA) is 37.3 Å². The quantitative estimate of drug-likeness (QED) is 0.660. The standard InChI is InChI=1S/C7H2Br4O2/c8-2-1-3(9)6(11)4(5(2)10)7(12)13/h1H,(H,12,13). The highest BCUT2D eigenvalue weighted by Crippen LogP contribution is 2.37. The fourth-order valence-electron chi connectivity index (χ4n) is 0.761. The second-order valence-electron chi connectivity index (χ2n) is 2.15. The summed E-state index contributed by atoms with van der Waals surface area (Å²) in [7, 11) is 0. The normalized spacial score (nSPS) is 10.2. The lowest BCUT2D eigenvalue weighted by atomic mass is 10.2. The zero-order valence-corrected chi connectivity index (χ0v) is 12.3. The highest BCUT2D eigenvalue weighted by Gasteiger charge is 2.17. The minimum atomic E-state index is -0.985. The molecule has 0 aliphatic rings. The Morgan fingerprint density at radius 2 is 1.46 bits per heavy atom. The molecule has 0 amide bonds. The Labute approximate surface area is 108 Å². The third-order valence-electron chi connectivity index (χ3n) is 1.33. The van der Waals surface area contributed by atoms with Crippen molar-refractivity contribution in [1.82, 2.24) is 0 Å². The van der Waals surface area contributed by atoms with Crippen LogP contribution in [-0.2, 0) is 0 Å². The Balaban J connectivity index is 3.56. The van der Waals surface area contributed by atoms with Crippen molar-refractivity contribution in [2.24, 2.45) is 0 Å². The molecular formula is C7H2Br4O2. The van der Waals surface area contributed by atoms with Gasteiger partial charge in [-0.2, -0.15) is 0 Å². The van der Waals surface area contributed by atoms with E-state index in [-0.39, 0.29) is 5.56 Å². The molecule has 70 valence electrons. The maximum Gasteiger partial charge on any atom is 0.338 e. The van der Waals surface area contributed by atoms with Gasteiger partial charge in [0, 0.05) is 17.9 Å². The van der Waals surface area contributed by atoms with Crippen molar-refractivity contribution in [2.45, 2.75) is 0 Å². The Hall–Kier alpha value is 0.610. The molecule has 1 rings (SSSR count). The van der Waals surface area contributed by atoms with Crippen molar-refractivity contribution < 1.29 is 9.90 Å². The average Bonchev–Trinajstić information content (AvgIpc) is 2.01. The maximum absolute atomic E-state index is 10.8. The third-order valence-corrected chi connectivity index (χ3v) is 5.29. The molecule has 0 aliphatic heterocycles. The van der Waals surface area contributed by atoms with Gasteiger partial charge in [-0.1, -0.05) is 0 Å². The summed E-state index contributed by atoms with van der Waals surface area (Å²) in [6.07, 6.45) is 0. The van der Waals surface area contributed by atoms with Crippen molar-refractivity contribution in [1.29, 1.82) is 0 Å². The number of hydrogen-bond acceptors (Lipinski definition) is 1. The van der Waals surface area contributed by atoms with Gasteiger partial charge in [-0.05, 0) is 69.8 Å². The zero-order valence-electron chi connectivity index (χ0n) is 5.94. The third kappa shape index (κ3) is 2.34. The van der Waals surface area contributed by atoms with Crippen LogP contribution in [0, 0.1) is 0 Å². The Bertz CT molecular complexity index is 349. The van der Waals surface area contributed by atoms with Crippen molar-refractivity contribution in [2.75, 3.05) is 0 Å². The van der Waals surface area contributed by atoms with E-state index in [2.05, 4.69) is 63.7 Å². The molecule has 1 aromatic rings. The van der Waals surface area contributed by atoms with Crippen LogP contribution in [-0.4, -0.2) is 11.1 Å². The van der Waals surface area contributed by atoms with Crippen LogP contribution in [0.3, 0.4) is 0 Å². The van der Waals surface area contributed by atoms with Gasteiger partial charge in [0.05, 0.1) is 5.56 Å². The maximum atomic E-state index is 10.8. The molecule has 0 aromatic heterocycles. The van der Waals surface area contributed by atoms with Gasteiger partial charge < -0.3 is 5.11 Å². The number of halogens is 4. The lowest BCUT2D eigenvalue weighted by Crippen LogP contribution is -2.00. The van der Waals surface area contributed by atoms with Crippen LogP contribution >= 0.6 is 63.7 Å². The van der Waals surface area contributed by atoms with Crippen LogP contribution in [0.5, 0.6) is 0 Å². The van der Waals surface area contributed by atoms with Gasteiger partial charge in [0.15, 0.2) is 0 Å². The monoisotopic (exact) mass is 434 g/mol. The van der Waals surface area contributed by atoms with Crippen LogP contribution < -0.4 is 0 Å². The van der Waals surface area contributed by atoms with Gasteiger partial charge in [0.1, 0.15) is 0 Å². The van der Waals surface area contributed by atoms with E-state index in [0.717, 1.165) is 0 Å². The van der Waals surface area contributed by atoms with Gasteiger partial charge in [-0.3, -0.25) is 0 Å². The summed E-state index contributed by atoms with van der Waals surface area (Å²) in [5.74, 6) is -0.985. The van der Waals surface area contributed by atoms with Crippen molar-refractivity contribution in [3.05, 3.63) is 29.5 Å². The van der Waals surface area contributed by atoms with Crippen LogP contribution in [0.25, 0.3) is 0 Å². The van der Waals surface area contributed by atoms with E-state index in [4.69, 9.17) is 5.11 Å². The fraction of sp³-hybridized carbons (Fsp3) is 0. The summed E-state index contributed by atoms with van der Waals surface area (Å²) < 4.78 is 2.44. The highest BCUT2D eigenvalue weighted by atomic mass is 79.9. The molecule has 6 heteroatoms. The minimum absolute atomic E-state index is 0.196. The molecule has 2 nitrogen and oxygen atoms in total. The molecule has 0 unspecified atom stereocenters. The fourth-order valence-corrected chi connectivity index (χ4v) is 3.15. The molecule has 1 N–H and O–H groups in total. The van der Waals surface area contributed by atoms with E-state index in [1.807, 2.05) is 0 Å². The Morgan fingerprint density at radius 1 is 1.08 bits per heavy atom. The molecule has 0 aliphatic carbocycles. The summed E-state index contributed by atoms with van der Waals surface area (Å²) in [5.41, 5.74) is 0.196. The van der Waals surface area contributed by atoms with Crippen molar-refractivity contribution in [3.63, 3.8) is 0 Å². The molecule has 0 heterocycles. The van der Waals surface area contributed by atoms with Gasteiger partial charge in [-0.15, -0.1) is 0 Å². The first kappa shape index (κ1) is 11.7. The number of carbonyl (C=O) groups is 1. The first-order valence-electron chi connectivity index (χ1n) is 3.01. The van der Waals surface area contributed by atoms with E-state index in [1.165, 1.54) is 0 Å². The Morgan fingerprint density at radius 3 is 1.77 bits per heavy atom. The van der Waals surface area contributed by atoms with Gasteiger partial charge in [0.2, 0.25) is 0 Å². The molecule has 13 heavy (non-hydrogen) atoms. The van der Waals surface area contributed by atoms with Crippen LogP contribution in [0.1, 0.15) is 10.4 Å². The van der Waals surface area contributed by atoms with Crippen molar-refractivity contribution in [3.8, 4) is 0 Å². The second kappa shape index (κ2) is 4.42. The number of carboxylic acids is 1. The first-order valence-corrected chi connectivity index (χ1v) is 6.18. The summed E-state index contributed by atoms with van der Waals surface area (Å²) in [5, 5.41) is 8.89. The highest BCUT2D eigenvalue weighted by molar-refractivity contribution is 9.14. The Kier molecular flexibility index (Phi) is 3.97. The van der Waals surface area contributed by atoms with E-state index >= 15 is 0 Å². The predicted molar refractivity (Wildman–Crippen MR) is 64.2 cm³/mol. The molecule has 0 bridgehead atoms. The van der Waals surface area contributed by atoms with Crippen molar-refractivity contribution >= 4 is 69.7 Å². The van der Waals surface area contributed by atoms with Gasteiger partial charge >= 0.3 is 5.97 Å². The molecule has 0 radical (unpaired) electrons. The number of carboxylic acid groups (broad SMARTS) is 1. The molecule has 0 saturated heterocycles. The lowest BCUT2D eigenvalue weighted by Gasteiger charge is -2.06.